The van der Waals surface area contributed by atoms with E-state index in [1.165, 1.54) is 12.0 Å². The van der Waals surface area contributed by atoms with E-state index in [1.807, 2.05) is 0 Å². The molecular weight excluding hydrogens is 186 g/mol. The zero-order chi connectivity index (χ0) is 10.9. The van der Waals surface area contributed by atoms with E-state index in [9.17, 15) is 14.7 Å². The van der Waals surface area contributed by atoms with Crippen LogP contribution in [0.5, 0.6) is 0 Å². The zero-order valence-electron chi connectivity index (χ0n) is 8.56. The normalized spacial score (nSPS) is 28.3. The molecule has 14 heavy (non-hydrogen) atoms. The molecule has 5 heteroatoms. The Kier molecular flexibility index (Phi) is 3.10. The quantitative estimate of drug-likeness (QED) is 0.488. The molecule has 0 bridgehead atoms. The molecule has 1 N–H and O–H groups in total. The summed E-state index contributed by atoms with van der Waals surface area (Å²) in [5, 5.41) is 9.32. The molecular formula is C9H15NO4. The molecule has 0 unspecified atom stereocenters. The van der Waals surface area contributed by atoms with E-state index >= 15 is 0 Å². The average Bonchev–Trinajstić information content (AvgIpc) is 2.15. The van der Waals surface area contributed by atoms with E-state index < -0.39 is 12.0 Å². The van der Waals surface area contributed by atoms with Crippen molar-refractivity contribution < 1.29 is 19.4 Å². The third-order valence-corrected chi connectivity index (χ3v) is 2.67. The zero-order valence-corrected chi connectivity index (χ0v) is 8.56. The number of nitrogens with zero attached hydrogens (tertiary/aromatic N) is 1. The monoisotopic (exact) mass is 201 g/mol. The van der Waals surface area contributed by atoms with Crippen molar-refractivity contribution in [3.8, 4) is 0 Å². The summed E-state index contributed by atoms with van der Waals surface area (Å²) >= 11 is 0. The van der Waals surface area contributed by atoms with Gasteiger partial charge in [0.2, 0.25) is 5.91 Å². The predicted molar refractivity (Wildman–Crippen MR) is 48.4 cm³/mol. The van der Waals surface area contributed by atoms with Gasteiger partial charge in [-0.2, -0.15) is 0 Å². The number of carbonyl (C=O) groups excluding carboxylic acids is 2. The van der Waals surface area contributed by atoms with Crippen molar-refractivity contribution in [1.29, 1.82) is 0 Å². The Bertz CT molecular complexity index is 251. The molecule has 1 fully saturated rings. The first-order valence-electron chi connectivity index (χ1n) is 4.50. The van der Waals surface area contributed by atoms with E-state index in [0.717, 1.165) is 0 Å². The number of aliphatic hydroxyl groups excluding tert-OH is 1. The van der Waals surface area contributed by atoms with Crippen LogP contribution in [0.25, 0.3) is 0 Å². The van der Waals surface area contributed by atoms with Gasteiger partial charge in [-0.1, -0.05) is 0 Å². The van der Waals surface area contributed by atoms with Crippen LogP contribution in [0.15, 0.2) is 0 Å². The van der Waals surface area contributed by atoms with Crippen LogP contribution in [0.4, 0.5) is 0 Å². The molecule has 1 aliphatic heterocycles. The summed E-state index contributed by atoms with van der Waals surface area (Å²) in [4.78, 5) is 23.8. The molecule has 0 aromatic rings. The SMILES string of the molecule is COC(=O)C[C@H]1[C@H]([C@H](C)O)C(=O)N1C. The first-order chi connectivity index (χ1) is 6.49. The number of hydrogen-bond acceptors (Lipinski definition) is 4. The molecule has 3 atom stereocenters. The lowest BCUT2D eigenvalue weighted by Gasteiger charge is -2.45. The van der Waals surface area contributed by atoms with Crippen molar-refractivity contribution in [2.45, 2.75) is 25.5 Å². The maximum atomic E-state index is 11.3. The van der Waals surface area contributed by atoms with Gasteiger partial charge in [0.15, 0.2) is 0 Å². The van der Waals surface area contributed by atoms with E-state index in [2.05, 4.69) is 4.74 Å². The third kappa shape index (κ3) is 1.72. The number of methoxy groups -OCH3 is 1. The fourth-order valence-corrected chi connectivity index (χ4v) is 1.77. The van der Waals surface area contributed by atoms with Crippen LogP contribution in [0.3, 0.4) is 0 Å². The first kappa shape index (κ1) is 11.0. The van der Waals surface area contributed by atoms with Crippen molar-refractivity contribution in [2.75, 3.05) is 14.2 Å². The van der Waals surface area contributed by atoms with E-state index in [4.69, 9.17) is 0 Å². The molecule has 80 valence electrons. The molecule has 0 saturated carbocycles. The lowest BCUT2D eigenvalue weighted by molar-refractivity contribution is -0.164. The molecule has 1 heterocycles. The van der Waals surface area contributed by atoms with Gasteiger partial charge in [0, 0.05) is 7.05 Å². The van der Waals surface area contributed by atoms with Gasteiger partial charge in [-0.3, -0.25) is 9.59 Å². The van der Waals surface area contributed by atoms with Crippen LogP contribution in [0.2, 0.25) is 0 Å². The molecule has 5 nitrogen and oxygen atoms in total. The number of carbonyl (C=O) groups is 2. The molecule has 0 spiro atoms. The smallest absolute Gasteiger partial charge is 0.307 e. The fourth-order valence-electron chi connectivity index (χ4n) is 1.77. The Morgan fingerprint density at radius 1 is 1.71 bits per heavy atom. The highest BCUT2D eigenvalue weighted by molar-refractivity contribution is 5.88. The maximum Gasteiger partial charge on any atom is 0.307 e. The van der Waals surface area contributed by atoms with Gasteiger partial charge in [-0.25, -0.2) is 0 Å². The van der Waals surface area contributed by atoms with Crippen molar-refractivity contribution in [2.24, 2.45) is 5.92 Å². The highest BCUT2D eigenvalue weighted by atomic mass is 16.5. The second-order valence-electron chi connectivity index (χ2n) is 3.56. The third-order valence-electron chi connectivity index (χ3n) is 2.67. The molecule has 0 aromatic carbocycles. The Morgan fingerprint density at radius 3 is 2.71 bits per heavy atom. The van der Waals surface area contributed by atoms with Gasteiger partial charge < -0.3 is 14.7 Å². The number of likely N-dealkylation sites (tertiary alicyclic amines) is 1. The standard InChI is InChI=1S/C9H15NO4/c1-5(11)8-6(4-7(12)14-3)10(2)9(8)13/h5-6,8,11H,4H2,1-3H3/t5-,6-,8-/m0/s1. The summed E-state index contributed by atoms with van der Waals surface area (Å²) in [6, 6.07) is -0.227. The number of rotatable bonds is 3. The van der Waals surface area contributed by atoms with E-state index in [0.29, 0.717) is 0 Å². The predicted octanol–water partition coefficient (Wildman–Crippen LogP) is -0.613. The number of hydrogen-bond donors (Lipinski definition) is 1. The number of esters is 1. The number of β-lactam (4-membered cyclic amide) rings is 1. The van der Waals surface area contributed by atoms with E-state index in [1.54, 1.807) is 14.0 Å². The van der Waals surface area contributed by atoms with Crippen molar-refractivity contribution in [3.05, 3.63) is 0 Å². The molecule has 0 aromatic heterocycles. The second-order valence-corrected chi connectivity index (χ2v) is 3.56. The highest BCUT2D eigenvalue weighted by Gasteiger charge is 2.48. The van der Waals surface area contributed by atoms with Crippen LogP contribution in [0, 0.1) is 5.92 Å². The van der Waals surface area contributed by atoms with Gasteiger partial charge in [0.1, 0.15) is 0 Å². The fraction of sp³-hybridized carbons (Fsp3) is 0.778. The molecule has 0 aliphatic carbocycles. The first-order valence-corrected chi connectivity index (χ1v) is 4.50. The molecule has 1 aliphatic rings. The number of amides is 1. The van der Waals surface area contributed by atoms with Gasteiger partial charge in [0.05, 0.1) is 31.6 Å². The minimum Gasteiger partial charge on any atom is -0.469 e. The van der Waals surface area contributed by atoms with Crippen LogP contribution in [-0.2, 0) is 14.3 Å². The summed E-state index contributed by atoms with van der Waals surface area (Å²) < 4.78 is 4.51. The lowest BCUT2D eigenvalue weighted by atomic mass is 9.82. The van der Waals surface area contributed by atoms with Crippen LogP contribution in [0.1, 0.15) is 13.3 Å². The van der Waals surface area contributed by atoms with E-state index in [-0.39, 0.29) is 24.3 Å². The van der Waals surface area contributed by atoms with Crippen LogP contribution >= 0.6 is 0 Å². The largest absolute Gasteiger partial charge is 0.469 e. The molecule has 1 amide bonds. The molecule has 0 radical (unpaired) electrons. The topological polar surface area (TPSA) is 66.8 Å². The lowest BCUT2D eigenvalue weighted by Crippen LogP contribution is -2.62. The summed E-state index contributed by atoms with van der Waals surface area (Å²) in [5.41, 5.74) is 0. The van der Waals surface area contributed by atoms with Crippen molar-refractivity contribution in [1.82, 2.24) is 4.90 Å². The average molecular weight is 201 g/mol. The Morgan fingerprint density at radius 2 is 2.29 bits per heavy atom. The molecule has 1 rings (SSSR count). The van der Waals surface area contributed by atoms with Crippen molar-refractivity contribution in [3.63, 3.8) is 0 Å². The molecule has 1 saturated heterocycles. The minimum absolute atomic E-state index is 0.117. The summed E-state index contributed by atoms with van der Waals surface area (Å²) in [5.74, 6) is -0.937. The number of aliphatic hydroxyl groups is 1. The Balaban J connectivity index is 2.59. The second kappa shape index (κ2) is 3.96. The Hall–Kier alpha value is -1.10. The van der Waals surface area contributed by atoms with Gasteiger partial charge in [-0.15, -0.1) is 0 Å². The van der Waals surface area contributed by atoms with Gasteiger partial charge in [-0.05, 0) is 6.92 Å². The number of ether oxygens (including phenoxy) is 1. The summed E-state index contributed by atoms with van der Waals surface area (Å²) in [6.45, 7) is 1.56. The van der Waals surface area contributed by atoms with Crippen LogP contribution < -0.4 is 0 Å². The maximum absolute atomic E-state index is 11.3. The van der Waals surface area contributed by atoms with Gasteiger partial charge >= 0.3 is 5.97 Å². The summed E-state index contributed by atoms with van der Waals surface area (Å²) in [7, 11) is 2.93. The Labute approximate surface area is 82.6 Å². The summed E-state index contributed by atoms with van der Waals surface area (Å²) in [6.07, 6.45) is -0.567. The van der Waals surface area contributed by atoms with Crippen LogP contribution in [-0.4, -0.2) is 48.2 Å². The minimum atomic E-state index is -0.714. The highest BCUT2D eigenvalue weighted by Crippen LogP contribution is 2.30. The van der Waals surface area contributed by atoms with Crippen molar-refractivity contribution >= 4 is 11.9 Å². The van der Waals surface area contributed by atoms with Gasteiger partial charge in [0.25, 0.3) is 0 Å².